The summed E-state index contributed by atoms with van der Waals surface area (Å²) in [6.07, 6.45) is 4.36. The molecular formula is C38H33N5O2. The molecule has 6 aromatic rings. The van der Waals surface area contributed by atoms with E-state index in [1.54, 1.807) is 11.1 Å². The Hall–Kier alpha value is -5.74. The normalized spacial score (nSPS) is 10.9. The number of benzene rings is 4. The highest BCUT2D eigenvalue weighted by atomic mass is 16.2. The number of nitriles is 1. The van der Waals surface area contributed by atoms with Crippen molar-refractivity contribution in [3.63, 3.8) is 0 Å². The van der Waals surface area contributed by atoms with Gasteiger partial charge in [-0.15, -0.1) is 0 Å². The maximum absolute atomic E-state index is 14.1. The number of unbranched alkanes of at least 4 members (excludes halogenated alkanes) is 1. The van der Waals surface area contributed by atoms with Gasteiger partial charge < -0.3 is 9.13 Å². The van der Waals surface area contributed by atoms with E-state index in [9.17, 15) is 14.9 Å². The average molecular weight is 592 g/mol. The zero-order valence-electron chi connectivity index (χ0n) is 25.1. The first-order chi connectivity index (χ1) is 22.1. The topological polar surface area (TPSA) is 83.9 Å². The van der Waals surface area contributed by atoms with Crippen LogP contribution in [0, 0.1) is 11.3 Å². The third-order valence-electron chi connectivity index (χ3n) is 7.94. The fourth-order valence-corrected chi connectivity index (χ4v) is 5.66. The fraction of sp³-hybridized carbons (Fsp3) is 0.158. The van der Waals surface area contributed by atoms with Crippen LogP contribution in [0.3, 0.4) is 0 Å². The Morgan fingerprint density at radius 2 is 1.49 bits per heavy atom. The van der Waals surface area contributed by atoms with Crippen molar-refractivity contribution in [3.8, 4) is 17.2 Å². The molecule has 0 saturated carbocycles. The lowest BCUT2D eigenvalue weighted by molar-refractivity contribution is -0.118. The van der Waals surface area contributed by atoms with E-state index >= 15 is 0 Å². The molecule has 7 heteroatoms. The Labute approximate surface area is 262 Å². The van der Waals surface area contributed by atoms with Gasteiger partial charge in [-0.3, -0.25) is 14.5 Å². The summed E-state index contributed by atoms with van der Waals surface area (Å²) in [7, 11) is 0. The van der Waals surface area contributed by atoms with Crippen molar-refractivity contribution in [2.24, 2.45) is 0 Å². The summed E-state index contributed by atoms with van der Waals surface area (Å²) in [5.74, 6) is 0.626. The van der Waals surface area contributed by atoms with Crippen LogP contribution in [0.2, 0.25) is 0 Å². The lowest BCUT2D eigenvalue weighted by Gasteiger charge is -2.23. The molecule has 0 spiro atoms. The van der Waals surface area contributed by atoms with E-state index in [-0.39, 0.29) is 18.0 Å². The van der Waals surface area contributed by atoms with Crippen molar-refractivity contribution in [3.05, 3.63) is 149 Å². The van der Waals surface area contributed by atoms with E-state index in [2.05, 4.69) is 13.0 Å². The van der Waals surface area contributed by atoms with Gasteiger partial charge in [0, 0.05) is 30.5 Å². The minimum absolute atomic E-state index is 0.124. The first kappa shape index (κ1) is 29.3. The molecule has 0 fully saturated rings. The van der Waals surface area contributed by atoms with Crippen molar-refractivity contribution in [2.45, 2.75) is 39.3 Å². The molecule has 0 aliphatic rings. The largest absolute Gasteiger partial charge is 0.319 e. The number of anilines is 2. The third-order valence-corrected chi connectivity index (χ3v) is 7.94. The Balaban J connectivity index is 1.35. The van der Waals surface area contributed by atoms with Crippen LogP contribution in [-0.2, 0) is 24.3 Å². The molecule has 6 rings (SSSR count). The van der Waals surface area contributed by atoms with Gasteiger partial charge in [-0.25, -0.2) is 4.98 Å². The maximum Gasteiger partial charge on any atom is 0.277 e. The molecule has 2 heterocycles. The molecule has 0 radical (unpaired) electrons. The molecule has 0 unspecified atom stereocenters. The van der Waals surface area contributed by atoms with Crippen molar-refractivity contribution < 1.29 is 4.79 Å². The van der Waals surface area contributed by atoms with Crippen LogP contribution < -0.4 is 10.5 Å². The number of carbonyl (C=O) groups is 1. The zero-order chi connectivity index (χ0) is 31.2. The lowest BCUT2D eigenvalue weighted by Crippen LogP contribution is -2.33. The smallest absolute Gasteiger partial charge is 0.277 e. The predicted molar refractivity (Wildman–Crippen MR) is 178 cm³/mol. The van der Waals surface area contributed by atoms with E-state index < -0.39 is 0 Å². The zero-order valence-corrected chi connectivity index (χ0v) is 25.1. The van der Waals surface area contributed by atoms with E-state index in [0.29, 0.717) is 23.1 Å². The number of amides is 1. The number of fused-ring (bicyclic) bond motifs is 1. The molecule has 0 N–H and O–H groups in total. The molecule has 7 nitrogen and oxygen atoms in total. The van der Waals surface area contributed by atoms with E-state index in [1.165, 1.54) is 4.57 Å². The van der Waals surface area contributed by atoms with Gasteiger partial charge in [0.15, 0.2) is 0 Å². The standard InChI is InChI=1S/C38H33N5O2/c1-2-3-18-35-40-34-23-24-41(27-36(44)43(31-13-6-4-7-14-31)32-15-8-5-9-16-32)38(45)37(34)42(35)26-28-19-21-29(22-20-28)33-17-11-10-12-30(33)25-39/h4-17,19-24H,2-3,18,26-27H2,1H3. The van der Waals surface area contributed by atoms with Gasteiger partial charge in [-0.05, 0) is 59.5 Å². The average Bonchev–Trinajstić information content (AvgIpc) is 3.44. The van der Waals surface area contributed by atoms with Crippen LogP contribution >= 0.6 is 0 Å². The number of nitrogens with zero attached hydrogens (tertiary/aromatic N) is 5. The summed E-state index contributed by atoms with van der Waals surface area (Å²) in [6.45, 7) is 2.47. The maximum atomic E-state index is 14.1. The Bertz CT molecular complexity index is 2000. The van der Waals surface area contributed by atoms with Crippen molar-refractivity contribution >= 4 is 28.3 Å². The first-order valence-electron chi connectivity index (χ1n) is 15.2. The second-order valence-electron chi connectivity index (χ2n) is 11.0. The summed E-state index contributed by atoms with van der Waals surface area (Å²) in [5.41, 5.74) is 5.80. The van der Waals surface area contributed by atoms with E-state index in [1.807, 2.05) is 120 Å². The molecule has 0 bridgehead atoms. The predicted octanol–water partition coefficient (Wildman–Crippen LogP) is 7.49. The van der Waals surface area contributed by atoms with Gasteiger partial charge in [-0.1, -0.05) is 92.2 Å². The molecule has 0 aliphatic carbocycles. The fourth-order valence-electron chi connectivity index (χ4n) is 5.66. The molecule has 1 amide bonds. The minimum Gasteiger partial charge on any atom is -0.319 e. The number of para-hydroxylation sites is 2. The van der Waals surface area contributed by atoms with E-state index in [4.69, 9.17) is 4.98 Å². The van der Waals surface area contributed by atoms with Crippen LogP contribution in [0.5, 0.6) is 0 Å². The highest BCUT2D eigenvalue weighted by molar-refractivity contribution is 6.00. The summed E-state index contributed by atoms with van der Waals surface area (Å²) in [5, 5.41) is 9.54. The number of hydrogen-bond acceptors (Lipinski definition) is 4. The molecule has 45 heavy (non-hydrogen) atoms. The van der Waals surface area contributed by atoms with Gasteiger partial charge in [0.05, 0.1) is 17.1 Å². The summed E-state index contributed by atoms with van der Waals surface area (Å²) in [6, 6.07) is 38.6. The molecule has 2 aromatic heterocycles. The number of carbonyl (C=O) groups excluding carboxylic acids is 1. The number of hydrogen-bond donors (Lipinski definition) is 0. The number of pyridine rings is 1. The van der Waals surface area contributed by atoms with Gasteiger partial charge in [0.1, 0.15) is 17.9 Å². The molecule has 0 saturated heterocycles. The van der Waals surface area contributed by atoms with Crippen LogP contribution in [0.15, 0.2) is 126 Å². The second-order valence-corrected chi connectivity index (χ2v) is 11.0. The van der Waals surface area contributed by atoms with Crippen molar-refractivity contribution in [2.75, 3.05) is 4.90 Å². The van der Waals surface area contributed by atoms with Crippen LogP contribution in [0.4, 0.5) is 11.4 Å². The van der Waals surface area contributed by atoms with Gasteiger partial charge >= 0.3 is 0 Å². The Morgan fingerprint density at radius 3 is 2.13 bits per heavy atom. The SMILES string of the molecule is CCCCc1nc2ccn(CC(=O)N(c3ccccc3)c3ccccc3)c(=O)c2n1Cc1ccc(-c2ccccc2C#N)cc1. The summed E-state index contributed by atoms with van der Waals surface area (Å²) in [4.78, 5) is 34.4. The molecule has 222 valence electrons. The first-order valence-corrected chi connectivity index (χ1v) is 15.2. The number of rotatable bonds is 10. The molecule has 0 atom stereocenters. The minimum atomic E-state index is -0.253. The van der Waals surface area contributed by atoms with Gasteiger partial charge in [0.25, 0.3) is 11.5 Å². The van der Waals surface area contributed by atoms with Crippen LogP contribution in [0.1, 0.15) is 36.7 Å². The molecule has 0 aliphatic heterocycles. The van der Waals surface area contributed by atoms with Crippen molar-refractivity contribution in [1.82, 2.24) is 14.1 Å². The molecular weight excluding hydrogens is 558 g/mol. The van der Waals surface area contributed by atoms with Crippen LogP contribution in [-0.4, -0.2) is 20.0 Å². The summed E-state index contributed by atoms with van der Waals surface area (Å²) < 4.78 is 3.48. The van der Waals surface area contributed by atoms with Crippen molar-refractivity contribution in [1.29, 1.82) is 5.26 Å². The van der Waals surface area contributed by atoms with Crippen LogP contribution in [0.25, 0.3) is 22.2 Å². The monoisotopic (exact) mass is 591 g/mol. The third kappa shape index (κ3) is 6.17. The van der Waals surface area contributed by atoms with E-state index in [0.717, 1.165) is 53.2 Å². The Morgan fingerprint density at radius 1 is 0.844 bits per heavy atom. The van der Waals surface area contributed by atoms with Gasteiger partial charge in [-0.2, -0.15) is 5.26 Å². The number of aryl methyl sites for hydroxylation is 1. The highest BCUT2D eigenvalue weighted by Gasteiger charge is 2.21. The highest BCUT2D eigenvalue weighted by Crippen LogP contribution is 2.27. The number of imidazole rings is 1. The second kappa shape index (κ2) is 13.3. The molecule has 4 aromatic carbocycles. The number of aromatic nitrogens is 3. The summed E-state index contributed by atoms with van der Waals surface area (Å²) >= 11 is 0. The van der Waals surface area contributed by atoms with Gasteiger partial charge in [0.2, 0.25) is 0 Å². The Kier molecular flexibility index (Phi) is 8.65. The quantitative estimate of drug-likeness (QED) is 0.165. The lowest BCUT2D eigenvalue weighted by atomic mass is 9.99.